The molecule has 9 heteroatoms. The molecule has 0 aliphatic rings. The van der Waals surface area contributed by atoms with Crippen LogP contribution in [-0.4, -0.2) is 25.1 Å². The number of amides is 1. The van der Waals surface area contributed by atoms with Gasteiger partial charge in [0, 0.05) is 16.4 Å². The Kier molecular flexibility index (Phi) is 5.05. The van der Waals surface area contributed by atoms with E-state index in [9.17, 15) is 22.0 Å². The van der Waals surface area contributed by atoms with Gasteiger partial charge in [-0.3, -0.25) is 10.1 Å². The standard InChI is InChI=1S/C15H16F2N2O3S2/c1-15(2,3)11-8-23-14(18-11)19-12(20)9-4-6-10(7-5-9)24(21,22)13(16)17/h4-8,13H,1-3H3,(H,18,19,20). The van der Waals surface area contributed by atoms with Crippen LogP contribution in [-0.2, 0) is 15.3 Å². The number of thiazole rings is 1. The number of nitrogens with one attached hydrogen (secondary N) is 1. The van der Waals surface area contributed by atoms with Crippen molar-refractivity contribution in [3.05, 3.63) is 40.9 Å². The molecule has 0 atom stereocenters. The monoisotopic (exact) mass is 374 g/mol. The Bertz CT molecular complexity index is 838. The minimum Gasteiger partial charge on any atom is -0.298 e. The molecule has 1 aromatic heterocycles. The first kappa shape index (κ1) is 18.5. The Balaban J connectivity index is 2.15. The second-order valence-electron chi connectivity index (χ2n) is 6.07. The number of carbonyl (C=O) groups excluding carboxylic acids is 1. The van der Waals surface area contributed by atoms with Gasteiger partial charge in [-0.15, -0.1) is 11.3 Å². The molecule has 0 radical (unpaired) electrons. The van der Waals surface area contributed by atoms with Gasteiger partial charge in [0.15, 0.2) is 5.13 Å². The van der Waals surface area contributed by atoms with Crippen molar-refractivity contribution in [3.8, 4) is 0 Å². The molecule has 0 aliphatic heterocycles. The molecule has 2 rings (SSSR count). The van der Waals surface area contributed by atoms with Crippen LogP contribution >= 0.6 is 11.3 Å². The van der Waals surface area contributed by atoms with E-state index < -0.39 is 26.4 Å². The second kappa shape index (κ2) is 6.56. The van der Waals surface area contributed by atoms with E-state index in [2.05, 4.69) is 10.3 Å². The molecule has 0 saturated carbocycles. The van der Waals surface area contributed by atoms with Crippen LogP contribution in [0.4, 0.5) is 13.9 Å². The maximum atomic E-state index is 12.5. The summed E-state index contributed by atoms with van der Waals surface area (Å²) in [6.07, 6.45) is 0. The lowest BCUT2D eigenvalue weighted by Gasteiger charge is -2.14. The van der Waals surface area contributed by atoms with Crippen molar-refractivity contribution >= 4 is 32.2 Å². The van der Waals surface area contributed by atoms with E-state index in [1.54, 1.807) is 0 Å². The van der Waals surface area contributed by atoms with E-state index in [1.807, 2.05) is 26.2 Å². The molecule has 1 amide bonds. The zero-order valence-corrected chi connectivity index (χ0v) is 14.8. The van der Waals surface area contributed by atoms with Gasteiger partial charge >= 0.3 is 5.76 Å². The molecule has 130 valence electrons. The quantitative estimate of drug-likeness (QED) is 0.886. The minimum absolute atomic E-state index is 0.148. The van der Waals surface area contributed by atoms with Crippen molar-refractivity contribution in [2.45, 2.75) is 36.8 Å². The van der Waals surface area contributed by atoms with Crippen LogP contribution in [0.2, 0.25) is 0 Å². The Morgan fingerprint density at radius 3 is 2.25 bits per heavy atom. The van der Waals surface area contributed by atoms with Gasteiger partial charge < -0.3 is 0 Å². The normalized spacial score (nSPS) is 12.4. The smallest absolute Gasteiger partial charge is 0.298 e. The van der Waals surface area contributed by atoms with Gasteiger partial charge in [0.25, 0.3) is 5.91 Å². The number of carbonyl (C=O) groups is 1. The van der Waals surface area contributed by atoms with E-state index >= 15 is 0 Å². The third-order valence-corrected chi connectivity index (χ3v) is 5.33. The molecule has 5 nitrogen and oxygen atoms in total. The Labute approximate surface area is 142 Å². The molecule has 0 saturated heterocycles. The average molecular weight is 374 g/mol. The summed E-state index contributed by atoms with van der Waals surface area (Å²) in [7, 11) is -4.67. The predicted molar refractivity (Wildman–Crippen MR) is 88.4 cm³/mol. The van der Waals surface area contributed by atoms with E-state index in [4.69, 9.17) is 0 Å². The molecule has 24 heavy (non-hydrogen) atoms. The zero-order valence-electron chi connectivity index (χ0n) is 13.2. The van der Waals surface area contributed by atoms with E-state index in [0.717, 1.165) is 17.8 Å². The first-order valence-corrected chi connectivity index (χ1v) is 9.34. The third-order valence-electron chi connectivity index (χ3n) is 3.17. The lowest BCUT2D eigenvalue weighted by atomic mass is 9.93. The van der Waals surface area contributed by atoms with Crippen molar-refractivity contribution in [2.24, 2.45) is 0 Å². The number of hydrogen-bond acceptors (Lipinski definition) is 5. The average Bonchev–Trinajstić information content (AvgIpc) is 2.96. The molecule has 0 unspecified atom stereocenters. The molecular weight excluding hydrogens is 358 g/mol. The number of sulfone groups is 1. The Morgan fingerprint density at radius 1 is 1.21 bits per heavy atom. The second-order valence-corrected chi connectivity index (χ2v) is 8.85. The van der Waals surface area contributed by atoms with Crippen molar-refractivity contribution in [3.63, 3.8) is 0 Å². The summed E-state index contributed by atoms with van der Waals surface area (Å²) in [5.41, 5.74) is 0.835. The van der Waals surface area contributed by atoms with Crippen LogP contribution in [0.1, 0.15) is 36.8 Å². The van der Waals surface area contributed by atoms with Gasteiger partial charge in [-0.05, 0) is 24.3 Å². The molecule has 0 spiro atoms. The summed E-state index contributed by atoms with van der Waals surface area (Å²) in [4.78, 5) is 15.9. The molecule has 2 aromatic rings. The highest BCUT2D eigenvalue weighted by molar-refractivity contribution is 7.91. The number of anilines is 1. The lowest BCUT2D eigenvalue weighted by Crippen LogP contribution is -2.15. The molecule has 0 bridgehead atoms. The largest absolute Gasteiger partial charge is 0.341 e. The fraction of sp³-hybridized carbons (Fsp3) is 0.333. The molecule has 1 aromatic carbocycles. The maximum Gasteiger partial charge on any atom is 0.341 e. The van der Waals surface area contributed by atoms with Gasteiger partial charge in [-0.1, -0.05) is 20.8 Å². The highest BCUT2D eigenvalue weighted by Crippen LogP contribution is 2.26. The van der Waals surface area contributed by atoms with Gasteiger partial charge in [0.1, 0.15) is 0 Å². The number of nitrogens with zero attached hydrogens (tertiary/aromatic N) is 1. The summed E-state index contributed by atoms with van der Waals surface area (Å²) >= 11 is 1.27. The number of alkyl halides is 2. The number of aromatic nitrogens is 1. The van der Waals surface area contributed by atoms with Gasteiger partial charge in [0.2, 0.25) is 9.84 Å². The van der Waals surface area contributed by atoms with Crippen molar-refractivity contribution in [1.29, 1.82) is 0 Å². The maximum absolute atomic E-state index is 12.5. The summed E-state index contributed by atoms with van der Waals surface area (Å²) in [6, 6.07) is 4.34. The summed E-state index contributed by atoms with van der Waals surface area (Å²) in [6.45, 7) is 5.99. The fourth-order valence-corrected chi connectivity index (χ4v) is 3.40. The molecule has 0 fully saturated rings. The van der Waals surface area contributed by atoms with Crippen LogP contribution in [0.15, 0.2) is 34.5 Å². The highest BCUT2D eigenvalue weighted by atomic mass is 32.2. The SMILES string of the molecule is CC(C)(C)c1csc(NC(=O)c2ccc(S(=O)(=O)C(F)F)cc2)n1. The van der Waals surface area contributed by atoms with Crippen LogP contribution < -0.4 is 5.32 Å². The summed E-state index contributed by atoms with van der Waals surface area (Å²) in [5.74, 6) is -3.99. The topological polar surface area (TPSA) is 76.1 Å². The summed E-state index contributed by atoms with van der Waals surface area (Å²) in [5, 5.41) is 4.86. The van der Waals surface area contributed by atoms with Crippen LogP contribution in [0.5, 0.6) is 0 Å². The van der Waals surface area contributed by atoms with Gasteiger partial charge in [-0.25, -0.2) is 13.4 Å². The Morgan fingerprint density at radius 2 is 1.79 bits per heavy atom. The number of benzene rings is 1. The van der Waals surface area contributed by atoms with Crippen molar-refractivity contribution < 1.29 is 22.0 Å². The number of hydrogen-bond donors (Lipinski definition) is 1. The van der Waals surface area contributed by atoms with E-state index in [0.29, 0.717) is 5.13 Å². The van der Waals surface area contributed by atoms with Crippen LogP contribution in [0, 0.1) is 0 Å². The minimum atomic E-state index is -4.67. The van der Waals surface area contributed by atoms with E-state index in [1.165, 1.54) is 23.5 Å². The predicted octanol–water partition coefficient (Wildman–Crippen LogP) is 3.69. The number of rotatable bonds is 4. The van der Waals surface area contributed by atoms with Gasteiger partial charge in [0.05, 0.1) is 10.6 Å². The fourth-order valence-electron chi connectivity index (χ4n) is 1.74. The number of halogens is 2. The summed E-state index contributed by atoms with van der Waals surface area (Å²) < 4.78 is 47.6. The van der Waals surface area contributed by atoms with Crippen LogP contribution in [0.25, 0.3) is 0 Å². The first-order chi connectivity index (χ1) is 11.0. The van der Waals surface area contributed by atoms with Crippen molar-refractivity contribution in [2.75, 3.05) is 5.32 Å². The van der Waals surface area contributed by atoms with Crippen molar-refractivity contribution in [1.82, 2.24) is 4.98 Å². The molecule has 1 heterocycles. The van der Waals surface area contributed by atoms with E-state index in [-0.39, 0.29) is 11.0 Å². The van der Waals surface area contributed by atoms with Gasteiger partial charge in [-0.2, -0.15) is 8.78 Å². The third kappa shape index (κ3) is 3.96. The molecule has 1 N–H and O–H groups in total. The highest BCUT2D eigenvalue weighted by Gasteiger charge is 2.26. The lowest BCUT2D eigenvalue weighted by molar-refractivity contribution is 0.102. The van der Waals surface area contributed by atoms with Crippen LogP contribution in [0.3, 0.4) is 0 Å². The molecular formula is C15H16F2N2O3S2. The zero-order chi connectivity index (χ0) is 18.1. The Hall–Kier alpha value is -1.87. The molecule has 0 aliphatic carbocycles. The first-order valence-electron chi connectivity index (χ1n) is 6.91.